The molecule has 3 aromatic rings. The predicted octanol–water partition coefficient (Wildman–Crippen LogP) is 4.49. The summed E-state index contributed by atoms with van der Waals surface area (Å²) in [6, 6.07) is 12.5. The number of rotatable bonds is 7. The second kappa shape index (κ2) is 11.0. The molecule has 8 nitrogen and oxygen atoms in total. The number of aromatic nitrogens is 1. The van der Waals surface area contributed by atoms with Crippen LogP contribution in [0.15, 0.2) is 65.7 Å². The molecular weight excluding hydrogens is 485 g/mol. The summed E-state index contributed by atoms with van der Waals surface area (Å²) in [5, 5.41) is 7.52. The number of amides is 3. The van der Waals surface area contributed by atoms with Crippen LogP contribution < -0.4 is 20.7 Å². The third kappa shape index (κ3) is 7.03. The van der Waals surface area contributed by atoms with Crippen molar-refractivity contribution in [3.63, 3.8) is 0 Å². The Morgan fingerprint density at radius 1 is 1.09 bits per heavy atom. The standard InChI is InChI=1S/C23H21F3N4O4S/c1-14-10-15(6-7-20(14)34-17-8-9-28-19(12-17)21(31)27-2)13-29-22(32)30-16-4-3-5-18(11-16)35(33)23(24,25)26/h3-12H,13H2,1-2H3,(H,27,31)(H2,29,30,32). The molecule has 0 saturated carbocycles. The van der Waals surface area contributed by atoms with Crippen molar-refractivity contribution in [3.8, 4) is 11.5 Å². The maximum absolute atomic E-state index is 12.7. The van der Waals surface area contributed by atoms with E-state index >= 15 is 0 Å². The minimum absolute atomic E-state index is 0.0750. The van der Waals surface area contributed by atoms with Gasteiger partial charge < -0.3 is 20.7 Å². The molecule has 0 aliphatic rings. The number of hydrogen-bond acceptors (Lipinski definition) is 5. The van der Waals surface area contributed by atoms with Crippen LogP contribution in [0.3, 0.4) is 0 Å². The van der Waals surface area contributed by atoms with Gasteiger partial charge in [0.25, 0.3) is 5.91 Å². The highest BCUT2D eigenvalue weighted by molar-refractivity contribution is 7.86. The molecule has 12 heteroatoms. The lowest BCUT2D eigenvalue weighted by molar-refractivity contribution is -0.0384. The molecule has 1 heterocycles. The molecular formula is C23H21F3N4O4S. The van der Waals surface area contributed by atoms with Gasteiger partial charge in [0.15, 0.2) is 10.8 Å². The van der Waals surface area contributed by atoms with Crippen molar-refractivity contribution in [3.05, 3.63) is 77.6 Å². The van der Waals surface area contributed by atoms with Gasteiger partial charge in [0.2, 0.25) is 0 Å². The molecule has 35 heavy (non-hydrogen) atoms. The number of pyridine rings is 1. The zero-order valence-corrected chi connectivity index (χ0v) is 19.4. The first kappa shape index (κ1) is 25.7. The highest BCUT2D eigenvalue weighted by Gasteiger charge is 2.38. The molecule has 1 unspecified atom stereocenters. The number of nitrogens with zero attached hydrogens (tertiary/aromatic N) is 1. The molecule has 0 saturated heterocycles. The Labute approximate surface area is 201 Å². The van der Waals surface area contributed by atoms with Gasteiger partial charge in [0.1, 0.15) is 17.2 Å². The van der Waals surface area contributed by atoms with E-state index in [0.29, 0.717) is 11.5 Å². The highest BCUT2D eigenvalue weighted by atomic mass is 32.2. The molecule has 0 aliphatic heterocycles. The molecule has 3 N–H and O–H groups in total. The first-order chi connectivity index (χ1) is 16.6. The number of carbonyl (C=O) groups is 2. The third-order valence-corrected chi connectivity index (χ3v) is 5.73. The Morgan fingerprint density at radius 2 is 1.86 bits per heavy atom. The van der Waals surface area contributed by atoms with Gasteiger partial charge in [-0.25, -0.2) is 9.00 Å². The van der Waals surface area contributed by atoms with Crippen LogP contribution in [0.25, 0.3) is 0 Å². The maximum Gasteiger partial charge on any atom is 0.475 e. The number of halogens is 3. The van der Waals surface area contributed by atoms with Crippen LogP contribution >= 0.6 is 0 Å². The van der Waals surface area contributed by atoms with E-state index in [-0.39, 0.29) is 23.8 Å². The summed E-state index contributed by atoms with van der Waals surface area (Å²) in [4.78, 5) is 27.4. The van der Waals surface area contributed by atoms with Crippen LogP contribution in [-0.4, -0.2) is 33.7 Å². The zero-order chi connectivity index (χ0) is 25.6. The smallest absolute Gasteiger partial charge is 0.457 e. The number of aryl methyl sites for hydroxylation is 1. The Hall–Kier alpha value is -3.93. The molecule has 3 rings (SSSR count). The normalized spacial score (nSPS) is 11.9. The fraction of sp³-hybridized carbons (Fsp3) is 0.174. The Kier molecular flexibility index (Phi) is 8.07. The molecule has 0 fully saturated rings. The average Bonchev–Trinajstić information content (AvgIpc) is 2.83. The van der Waals surface area contributed by atoms with Crippen molar-refractivity contribution in [2.45, 2.75) is 23.9 Å². The van der Waals surface area contributed by atoms with E-state index in [1.54, 1.807) is 24.3 Å². The fourth-order valence-corrected chi connectivity index (χ4v) is 3.67. The summed E-state index contributed by atoms with van der Waals surface area (Å²) >= 11 is 0. The molecule has 0 radical (unpaired) electrons. The van der Waals surface area contributed by atoms with Gasteiger partial charge in [0, 0.05) is 36.4 Å². The molecule has 2 aromatic carbocycles. The van der Waals surface area contributed by atoms with Crippen LogP contribution in [0, 0.1) is 6.92 Å². The van der Waals surface area contributed by atoms with E-state index in [0.717, 1.165) is 23.3 Å². The third-order valence-electron chi connectivity index (χ3n) is 4.63. The summed E-state index contributed by atoms with van der Waals surface area (Å²) < 4.78 is 55.3. The summed E-state index contributed by atoms with van der Waals surface area (Å²) in [6.45, 7) is 1.95. The van der Waals surface area contributed by atoms with Crippen molar-refractivity contribution in [1.29, 1.82) is 0 Å². The quantitative estimate of drug-likeness (QED) is 0.438. The Bertz CT molecular complexity index is 1270. The average molecular weight is 507 g/mol. The van der Waals surface area contributed by atoms with Crippen molar-refractivity contribution in [1.82, 2.24) is 15.6 Å². The number of carbonyl (C=O) groups excluding carboxylic acids is 2. The van der Waals surface area contributed by atoms with Crippen molar-refractivity contribution < 1.29 is 31.7 Å². The van der Waals surface area contributed by atoms with E-state index in [1.807, 2.05) is 6.92 Å². The first-order valence-corrected chi connectivity index (χ1v) is 11.3. The molecule has 1 aromatic heterocycles. The number of ether oxygens (including phenoxy) is 1. The lowest BCUT2D eigenvalue weighted by atomic mass is 10.1. The van der Waals surface area contributed by atoms with Gasteiger partial charge in [-0.05, 0) is 48.4 Å². The van der Waals surface area contributed by atoms with Gasteiger partial charge in [-0.1, -0.05) is 18.2 Å². The molecule has 184 valence electrons. The molecule has 3 amide bonds. The maximum atomic E-state index is 12.7. The number of hydrogen-bond donors (Lipinski definition) is 3. The van der Waals surface area contributed by atoms with E-state index in [4.69, 9.17) is 4.74 Å². The minimum atomic E-state index is -4.89. The van der Waals surface area contributed by atoms with E-state index < -0.39 is 27.2 Å². The van der Waals surface area contributed by atoms with E-state index in [1.165, 1.54) is 31.4 Å². The second-order valence-corrected chi connectivity index (χ2v) is 8.68. The topological polar surface area (TPSA) is 109 Å². The zero-order valence-electron chi connectivity index (χ0n) is 18.6. The van der Waals surface area contributed by atoms with Gasteiger partial charge in [-0.15, -0.1) is 0 Å². The largest absolute Gasteiger partial charge is 0.475 e. The number of urea groups is 1. The SMILES string of the molecule is CNC(=O)c1cc(Oc2ccc(CNC(=O)Nc3cccc(S(=O)C(F)(F)F)c3)cc2C)ccn1. The van der Waals surface area contributed by atoms with Gasteiger partial charge in [-0.2, -0.15) is 13.2 Å². The number of alkyl halides is 3. The summed E-state index contributed by atoms with van der Waals surface area (Å²) in [5.41, 5.74) is -3.09. The van der Waals surface area contributed by atoms with Crippen LogP contribution in [0.4, 0.5) is 23.7 Å². The molecule has 0 bridgehead atoms. The number of benzene rings is 2. The van der Waals surface area contributed by atoms with Gasteiger partial charge in [0.05, 0.1) is 0 Å². The monoisotopic (exact) mass is 506 g/mol. The van der Waals surface area contributed by atoms with Crippen LogP contribution in [0.1, 0.15) is 21.6 Å². The number of anilines is 1. The second-order valence-electron chi connectivity index (χ2n) is 7.21. The van der Waals surface area contributed by atoms with Crippen LogP contribution in [0.2, 0.25) is 0 Å². The van der Waals surface area contributed by atoms with Gasteiger partial charge >= 0.3 is 11.5 Å². The van der Waals surface area contributed by atoms with Gasteiger partial charge in [-0.3, -0.25) is 9.78 Å². The fourth-order valence-electron chi connectivity index (χ4n) is 2.97. The van der Waals surface area contributed by atoms with E-state index in [2.05, 4.69) is 20.9 Å². The number of nitrogens with one attached hydrogen (secondary N) is 3. The summed E-state index contributed by atoms with van der Waals surface area (Å²) in [7, 11) is -1.69. The first-order valence-electron chi connectivity index (χ1n) is 10.2. The molecule has 1 atom stereocenters. The highest BCUT2D eigenvalue weighted by Crippen LogP contribution is 2.28. The van der Waals surface area contributed by atoms with E-state index in [9.17, 15) is 27.0 Å². The lowest BCUT2D eigenvalue weighted by Gasteiger charge is -2.12. The molecule has 0 spiro atoms. The summed E-state index contributed by atoms with van der Waals surface area (Å²) in [6.07, 6.45) is 1.46. The van der Waals surface area contributed by atoms with Crippen molar-refractivity contribution >= 4 is 28.4 Å². The van der Waals surface area contributed by atoms with Crippen molar-refractivity contribution in [2.24, 2.45) is 0 Å². The lowest BCUT2D eigenvalue weighted by Crippen LogP contribution is -2.28. The van der Waals surface area contributed by atoms with Crippen molar-refractivity contribution in [2.75, 3.05) is 12.4 Å². The van der Waals surface area contributed by atoms with Crippen LogP contribution in [-0.2, 0) is 17.3 Å². The predicted molar refractivity (Wildman–Crippen MR) is 124 cm³/mol. The Balaban J connectivity index is 1.59. The minimum Gasteiger partial charge on any atom is -0.457 e. The summed E-state index contributed by atoms with van der Waals surface area (Å²) in [5.74, 6) is 0.634. The molecule has 0 aliphatic carbocycles. The van der Waals surface area contributed by atoms with Crippen LogP contribution in [0.5, 0.6) is 11.5 Å². The Morgan fingerprint density at radius 3 is 2.54 bits per heavy atom.